The zero-order chi connectivity index (χ0) is 30.9. The van der Waals surface area contributed by atoms with Crippen LogP contribution in [-0.2, 0) is 20.6 Å². The van der Waals surface area contributed by atoms with Gasteiger partial charge in [-0.3, -0.25) is 0 Å². The molecule has 4 aromatic rings. The van der Waals surface area contributed by atoms with E-state index in [0.717, 1.165) is 103 Å². The number of ether oxygens (including phenoxy) is 3. The molecule has 6 nitrogen and oxygen atoms in total. The highest BCUT2D eigenvalue weighted by Crippen LogP contribution is 2.44. The predicted octanol–water partition coefficient (Wildman–Crippen LogP) is 8.66. The third-order valence-electron chi connectivity index (χ3n) is 9.90. The first kappa shape index (κ1) is 30.4. The van der Waals surface area contributed by atoms with E-state index in [9.17, 15) is 0 Å². The number of benzene rings is 3. The molecule has 1 unspecified atom stereocenters. The van der Waals surface area contributed by atoms with Crippen molar-refractivity contribution in [3.05, 3.63) is 93.9 Å². The van der Waals surface area contributed by atoms with Gasteiger partial charge in [-0.1, -0.05) is 48.0 Å². The van der Waals surface area contributed by atoms with E-state index in [1.54, 1.807) is 18.9 Å². The van der Waals surface area contributed by atoms with Gasteiger partial charge < -0.3 is 19.1 Å². The molecule has 1 atom stereocenters. The molecule has 1 aliphatic carbocycles. The molecule has 3 heterocycles. The van der Waals surface area contributed by atoms with Gasteiger partial charge in [0.05, 0.1) is 10.9 Å². The minimum Gasteiger partial charge on any atom is -0.372 e. The van der Waals surface area contributed by atoms with E-state index >= 15 is 4.39 Å². The highest BCUT2D eigenvalue weighted by atomic mass is 35.5. The van der Waals surface area contributed by atoms with Gasteiger partial charge in [0.25, 0.3) is 0 Å². The van der Waals surface area contributed by atoms with Crippen molar-refractivity contribution in [3.8, 4) is 0 Å². The van der Waals surface area contributed by atoms with Crippen LogP contribution in [0.4, 0.5) is 10.1 Å². The Morgan fingerprint density at radius 3 is 2.38 bits per heavy atom. The van der Waals surface area contributed by atoms with Crippen LogP contribution in [0.5, 0.6) is 0 Å². The second kappa shape index (κ2) is 13.2. The van der Waals surface area contributed by atoms with Crippen LogP contribution in [0.2, 0.25) is 5.02 Å². The van der Waals surface area contributed by atoms with Gasteiger partial charge in [0.1, 0.15) is 0 Å². The highest BCUT2D eigenvalue weighted by Gasteiger charge is 2.29. The fourth-order valence-corrected chi connectivity index (χ4v) is 7.92. The Kier molecular flexibility index (Phi) is 8.96. The molecular formula is C37H41ClFN3O3. The Morgan fingerprint density at radius 2 is 1.67 bits per heavy atom. The van der Waals surface area contributed by atoms with Crippen molar-refractivity contribution < 1.29 is 18.6 Å². The molecule has 2 saturated heterocycles. The Hall–Kier alpha value is -3.23. The maximum Gasteiger partial charge on any atom is 0.240 e. The number of halogens is 2. The van der Waals surface area contributed by atoms with Crippen LogP contribution >= 0.6 is 11.6 Å². The summed E-state index contributed by atoms with van der Waals surface area (Å²) in [6.45, 7) is 2.59. The topological polar surface area (TPSA) is 48.8 Å². The molecule has 0 N–H and O–H groups in total. The minimum atomic E-state index is -0.417. The number of piperidine rings is 1. The predicted molar refractivity (Wildman–Crippen MR) is 178 cm³/mol. The summed E-state index contributed by atoms with van der Waals surface area (Å²) < 4.78 is 34.7. The van der Waals surface area contributed by atoms with Crippen molar-refractivity contribution in [1.29, 1.82) is 0 Å². The third-order valence-corrected chi connectivity index (χ3v) is 10.2. The van der Waals surface area contributed by atoms with Crippen LogP contribution < -0.4 is 4.90 Å². The molecular weight excluding hydrogens is 589 g/mol. The molecule has 45 heavy (non-hydrogen) atoms. The maximum atomic E-state index is 15.8. The first-order valence-electron chi connectivity index (χ1n) is 16.3. The number of hydrogen-bond acceptors (Lipinski definition) is 5. The molecule has 0 saturated carbocycles. The Labute approximate surface area is 269 Å². The van der Waals surface area contributed by atoms with Crippen LogP contribution in [-0.4, -0.2) is 50.0 Å². The molecule has 3 aromatic carbocycles. The fraction of sp³-hybridized carbons (Fsp3) is 0.432. The average Bonchev–Trinajstić information content (AvgIpc) is 3.30. The second-order valence-corrected chi connectivity index (χ2v) is 12.8. The number of methoxy groups -OCH3 is 2. The molecule has 0 radical (unpaired) electrons. The zero-order valence-electron chi connectivity index (χ0n) is 26.1. The van der Waals surface area contributed by atoms with E-state index in [-0.39, 0.29) is 12.5 Å². The largest absolute Gasteiger partial charge is 0.372 e. The standard InChI is InChI=1S/C37H41ClFN3O3/c1-43-37(44-2)25-19-21-41(22-20-25)26-15-13-24(14-16-26)34-28(27-8-3-4-11-31(27)38)9-7-10-29-30(34)17-18-32-35(29)36(39)40-42(32)33-12-5-6-23-45-33/h3-4,8,11,13-18,25,33,37H,5-7,9-10,12,19-23H2,1-2H3. The Balaban J connectivity index is 1.30. The summed E-state index contributed by atoms with van der Waals surface area (Å²) in [5, 5.41) is 5.74. The van der Waals surface area contributed by atoms with E-state index in [2.05, 4.69) is 46.4 Å². The van der Waals surface area contributed by atoms with Gasteiger partial charge in [0.15, 0.2) is 12.5 Å². The molecule has 2 aliphatic heterocycles. The molecule has 0 spiro atoms. The van der Waals surface area contributed by atoms with Crippen LogP contribution in [0.3, 0.4) is 0 Å². The number of aryl methyl sites for hydroxylation is 1. The smallest absolute Gasteiger partial charge is 0.240 e. The van der Waals surface area contributed by atoms with Crippen molar-refractivity contribution in [2.75, 3.05) is 38.8 Å². The van der Waals surface area contributed by atoms with Gasteiger partial charge in [-0.2, -0.15) is 4.39 Å². The van der Waals surface area contributed by atoms with Crippen molar-refractivity contribution in [1.82, 2.24) is 9.78 Å². The molecule has 236 valence electrons. The van der Waals surface area contributed by atoms with E-state index in [0.29, 0.717) is 17.9 Å². The number of hydrogen-bond donors (Lipinski definition) is 0. The number of aromatic nitrogens is 2. The van der Waals surface area contributed by atoms with E-state index in [4.69, 9.17) is 25.8 Å². The van der Waals surface area contributed by atoms with Gasteiger partial charge in [0.2, 0.25) is 5.95 Å². The molecule has 1 aromatic heterocycles. The summed E-state index contributed by atoms with van der Waals surface area (Å²) in [6, 6.07) is 21.1. The van der Waals surface area contributed by atoms with Crippen molar-refractivity contribution in [2.24, 2.45) is 5.92 Å². The van der Waals surface area contributed by atoms with Crippen LogP contribution in [0, 0.1) is 11.9 Å². The lowest BCUT2D eigenvalue weighted by Gasteiger charge is -2.36. The van der Waals surface area contributed by atoms with Crippen molar-refractivity contribution in [2.45, 2.75) is 63.9 Å². The number of anilines is 1. The molecule has 2 fully saturated rings. The fourth-order valence-electron chi connectivity index (χ4n) is 7.67. The van der Waals surface area contributed by atoms with Crippen LogP contribution in [0.1, 0.15) is 73.4 Å². The number of rotatable bonds is 7. The van der Waals surface area contributed by atoms with Gasteiger partial charge in [-0.15, -0.1) is 5.10 Å². The number of allylic oxidation sites excluding steroid dienone is 1. The summed E-state index contributed by atoms with van der Waals surface area (Å²) in [4.78, 5) is 2.44. The Morgan fingerprint density at radius 1 is 0.889 bits per heavy atom. The number of fused-ring (bicyclic) bond motifs is 3. The highest BCUT2D eigenvalue weighted by molar-refractivity contribution is 6.32. The lowest BCUT2D eigenvalue weighted by Crippen LogP contribution is -2.39. The van der Waals surface area contributed by atoms with Crippen LogP contribution in [0.15, 0.2) is 60.7 Å². The average molecular weight is 630 g/mol. The maximum absolute atomic E-state index is 15.8. The minimum absolute atomic E-state index is 0.154. The summed E-state index contributed by atoms with van der Waals surface area (Å²) >= 11 is 6.84. The van der Waals surface area contributed by atoms with Crippen molar-refractivity contribution in [3.63, 3.8) is 0 Å². The summed E-state index contributed by atoms with van der Waals surface area (Å²) in [5.74, 6) is -0.0212. The van der Waals surface area contributed by atoms with Gasteiger partial charge in [-0.05, 0) is 109 Å². The lowest BCUT2D eigenvalue weighted by atomic mass is 9.87. The van der Waals surface area contributed by atoms with Crippen LogP contribution in [0.25, 0.3) is 22.0 Å². The summed E-state index contributed by atoms with van der Waals surface area (Å²) in [5.41, 5.74) is 8.53. The lowest BCUT2D eigenvalue weighted by molar-refractivity contribution is -0.141. The normalized spacial score (nSPS) is 19.8. The van der Waals surface area contributed by atoms with Crippen molar-refractivity contribution >= 4 is 39.3 Å². The first-order valence-corrected chi connectivity index (χ1v) is 16.7. The second-order valence-electron chi connectivity index (χ2n) is 12.4. The molecule has 0 amide bonds. The number of nitrogens with zero attached hydrogens (tertiary/aromatic N) is 3. The van der Waals surface area contributed by atoms with E-state index < -0.39 is 5.95 Å². The molecule has 0 bridgehead atoms. The first-order chi connectivity index (χ1) is 22.1. The van der Waals surface area contributed by atoms with E-state index in [1.807, 2.05) is 24.3 Å². The van der Waals surface area contributed by atoms with Gasteiger partial charge in [0, 0.05) is 50.5 Å². The Bertz CT molecular complexity index is 1680. The third kappa shape index (κ3) is 5.80. The van der Waals surface area contributed by atoms with E-state index in [1.165, 1.54) is 11.3 Å². The molecule has 7 rings (SSSR count). The monoisotopic (exact) mass is 629 g/mol. The summed E-state index contributed by atoms with van der Waals surface area (Å²) in [7, 11) is 3.43. The molecule has 8 heteroatoms. The van der Waals surface area contributed by atoms with Gasteiger partial charge in [-0.25, -0.2) is 4.68 Å². The molecule has 3 aliphatic rings. The SMILES string of the molecule is COC(OC)C1CCN(c2ccc(C3=C(c4ccccc4Cl)CCCc4c3ccc3c4c(F)nn3C3CCCCO3)cc2)CC1. The van der Waals surface area contributed by atoms with Gasteiger partial charge >= 0.3 is 0 Å². The quantitative estimate of drug-likeness (QED) is 0.192. The summed E-state index contributed by atoms with van der Waals surface area (Å²) in [6.07, 6.45) is 7.08. The zero-order valence-corrected chi connectivity index (χ0v) is 26.9.